The van der Waals surface area contributed by atoms with Crippen LogP contribution in [0.1, 0.15) is 5.56 Å². The van der Waals surface area contributed by atoms with Crippen molar-refractivity contribution < 1.29 is 13.9 Å². The van der Waals surface area contributed by atoms with Crippen LogP contribution in [0.4, 0.5) is 4.39 Å². The fourth-order valence-electron chi connectivity index (χ4n) is 1.81. The van der Waals surface area contributed by atoms with Crippen LogP contribution in [0.15, 0.2) is 53.4 Å². The van der Waals surface area contributed by atoms with Gasteiger partial charge < -0.3 is 10.1 Å². The zero-order valence-electron chi connectivity index (χ0n) is 13.5. The van der Waals surface area contributed by atoms with Crippen LogP contribution in [0, 0.1) is 5.82 Å². The zero-order valence-corrected chi connectivity index (χ0v) is 15.2. The number of amides is 1. The molecule has 0 saturated heterocycles. The van der Waals surface area contributed by atoms with Gasteiger partial charge in [-0.25, -0.2) is 4.39 Å². The Morgan fingerprint density at radius 2 is 1.80 bits per heavy atom. The first-order valence-corrected chi connectivity index (χ1v) is 8.80. The van der Waals surface area contributed by atoms with E-state index >= 15 is 0 Å². The summed E-state index contributed by atoms with van der Waals surface area (Å²) in [6, 6.07) is 13.5. The van der Waals surface area contributed by atoms with Crippen molar-refractivity contribution in [2.24, 2.45) is 0 Å². The fourth-order valence-corrected chi connectivity index (χ4v) is 2.63. The van der Waals surface area contributed by atoms with E-state index in [9.17, 15) is 9.18 Å². The Labute approximate surface area is 155 Å². The Hall–Kier alpha value is -2.32. The van der Waals surface area contributed by atoms with E-state index in [2.05, 4.69) is 16.2 Å². The second-order valence-corrected chi connectivity index (χ2v) is 6.40. The summed E-state index contributed by atoms with van der Waals surface area (Å²) in [6.45, 7) is 0.524. The van der Waals surface area contributed by atoms with Crippen LogP contribution >= 0.6 is 24.0 Å². The van der Waals surface area contributed by atoms with Gasteiger partial charge in [0.05, 0.1) is 12.9 Å². The molecule has 0 aromatic heterocycles. The normalized spacial score (nSPS) is 10.0. The van der Waals surface area contributed by atoms with E-state index in [1.807, 2.05) is 24.3 Å². The van der Waals surface area contributed by atoms with E-state index in [0.717, 1.165) is 16.2 Å². The SMILES string of the molecule is COc1ccc(CNC(=S)NNC(=O)CSc2ccc(F)cc2)cc1. The van der Waals surface area contributed by atoms with Gasteiger partial charge in [-0.15, -0.1) is 11.8 Å². The molecule has 0 unspecified atom stereocenters. The third kappa shape index (κ3) is 6.98. The molecule has 25 heavy (non-hydrogen) atoms. The number of carbonyl (C=O) groups excluding carboxylic acids is 1. The van der Waals surface area contributed by atoms with Crippen molar-refractivity contribution in [1.29, 1.82) is 0 Å². The van der Waals surface area contributed by atoms with E-state index in [0.29, 0.717) is 11.7 Å². The maximum absolute atomic E-state index is 12.8. The number of halogens is 1. The van der Waals surface area contributed by atoms with E-state index in [1.165, 1.54) is 23.9 Å². The lowest BCUT2D eigenvalue weighted by Crippen LogP contribution is -2.47. The molecule has 0 spiro atoms. The number of carbonyl (C=O) groups is 1. The van der Waals surface area contributed by atoms with Gasteiger partial charge in [-0.05, 0) is 54.2 Å². The largest absolute Gasteiger partial charge is 0.497 e. The molecule has 132 valence electrons. The van der Waals surface area contributed by atoms with Gasteiger partial charge in [0.1, 0.15) is 11.6 Å². The number of methoxy groups -OCH3 is 1. The molecule has 0 bridgehead atoms. The Bertz CT molecular complexity index is 709. The van der Waals surface area contributed by atoms with Crippen molar-refractivity contribution in [2.45, 2.75) is 11.4 Å². The van der Waals surface area contributed by atoms with Crippen LogP contribution < -0.4 is 20.9 Å². The number of thiocarbonyl (C=S) groups is 1. The molecule has 0 aliphatic rings. The van der Waals surface area contributed by atoms with Crippen molar-refractivity contribution in [2.75, 3.05) is 12.9 Å². The third-order valence-corrected chi connectivity index (χ3v) is 4.37. The number of hydrogen-bond acceptors (Lipinski definition) is 4. The molecule has 2 aromatic rings. The van der Waals surface area contributed by atoms with Crippen LogP contribution in [-0.2, 0) is 11.3 Å². The highest BCUT2D eigenvalue weighted by molar-refractivity contribution is 8.00. The van der Waals surface area contributed by atoms with Crippen molar-refractivity contribution >= 4 is 35.0 Å². The van der Waals surface area contributed by atoms with Gasteiger partial charge in [-0.1, -0.05) is 12.1 Å². The summed E-state index contributed by atoms with van der Waals surface area (Å²) in [5, 5.41) is 3.30. The number of thioether (sulfide) groups is 1. The first-order valence-electron chi connectivity index (χ1n) is 7.41. The second kappa shape index (κ2) is 9.85. The minimum absolute atomic E-state index is 0.194. The zero-order chi connectivity index (χ0) is 18.1. The average Bonchev–Trinajstić information content (AvgIpc) is 2.64. The van der Waals surface area contributed by atoms with E-state index in [1.54, 1.807) is 19.2 Å². The Kier molecular flexibility index (Phi) is 7.49. The second-order valence-electron chi connectivity index (χ2n) is 4.95. The van der Waals surface area contributed by atoms with Crippen LogP contribution in [0.5, 0.6) is 5.75 Å². The molecule has 1 amide bonds. The predicted octanol–water partition coefficient (Wildman–Crippen LogP) is 2.62. The summed E-state index contributed by atoms with van der Waals surface area (Å²) < 4.78 is 17.9. The summed E-state index contributed by atoms with van der Waals surface area (Å²) in [4.78, 5) is 12.6. The first-order chi connectivity index (χ1) is 12.1. The van der Waals surface area contributed by atoms with Gasteiger partial charge in [0, 0.05) is 11.4 Å². The fraction of sp³-hybridized carbons (Fsp3) is 0.176. The van der Waals surface area contributed by atoms with Gasteiger partial charge in [0.25, 0.3) is 0 Å². The smallest absolute Gasteiger partial charge is 0.248 e. The summed E-state index contributed by atoms with van der Waals surface area (Å²) in [6.07, 6.45) is 0. The van der Waals surface area contributed by atoms with Gasteiger partial charge in [0.15, 0.2) is 5.11 Å². The molecular weight excluding hydrogens is 361 g/mol. The topological polar surface area (TPSA) is 62.4 Å². The van der Waals surface area contributed by atoms with Gasteiger partial charge in [-0.3, -0.25) is 15.6 Å². The molecule has 0 atom stereocenters. The Morgan fingerprint density at radius 1 is 1.12 bits per heavy atom. The number of benzene rings is 2. The van der Waals surface area contributed by atoms with E-state index < -0.39 is 0 Å². The van der Waals surface area contributed by atoms with Crippen molar-refractivity contribution in [3.63, 3.8) is 0 Å². The highest BCUT2D eigenvalue weighted by Crippen LogP contribution is 2.17. The van der Waals surface area contributed by atoms with E-state index in [-0.39, 0.29) is 17.5 Å². The maximum Gasteiger partial charge on any atom is 0.248 e. The molecule has 0 fully saturated rings. The minimum Gasteiger partial charge on any atom is -0.497 e. The molecule has 0 aliphatic heterocycles. The lowest BCUT2D eigenvalue weighted by Gasteiger charge is -2.12. The van der Waals surface area contributed by atoms with Crippen molar-refractivity contribution in [1.82, 2.24) is 16.2 Å². The van der Waals surface area contributed by atoms with Gasteiger partial charge in [-0.2, -0.15) is 0 Å². The standard InChI is InChI=1S/C17H18FN3O2S2/c1-23-14-6-2-12(3-7-14)10-19-17(24)21-20-16(22)11-25-15-8-4-13(18)5-9-15/h2-9H,10-11H2,1H3,(H,20,22)(H2,19,21,24). The molecule has 0 heterocycles. The third-order valence-electron chi connectivity index (χ3n) is 3.11. The monoisotopic (exact) mass is 379 g/mol. The van der Waals surface area contributed by atoms with Crippen LogP contribution in [0.25, 0.3) is 0 Å². The molecule has 2 aromatic carbocycles. The summed E-state index contributed by atoms with van der Waals surface area (Å²) >= 11 is 6.41. The van der Waals surface area contributed by atoms with Crippen molar-refractivity contribution in [3.8, 4) is 5.75 Å². The number of rotatable bonds is 6. The van der Waals surface area contributed by atoms with Gasteiger partial charge in [0.2, 0.25) is 5.91 Å². The molecular formula is C17H18FN3O2S2. The summed E-state index contributed by atoms with van der Waals surface area (Å²) in [5.41, 5.74) is 6.19. The Balaban J connectivity index is 1.64. The number of hydrogen-bond donors (Lipinski definition) is 3. The molecule has 3 N–H and O–H groups in total. The Morgan fingerprint density at radius 3 is 2.44 bits per heavy atom. The molecule has 0 aliphatic carbocycles. The number of nitrogens with one attached hydrogen (secondary N) is 3. The summed E-state index contributed by atoms with van der Waals surface area (Å²) in [5.74, 6) is 0.446. The van der Waals surface area contributed by atoms with Crippen LogP contribution in [0.3, 0.4) is 0 Å². The van der Waals surface area contributed by atoms with Crippen LogP contribution in [0.2, 0.25) is 0 Å². The molecule has 0 saturated carbocycles. The van der Waals surface area contributed by atoms with Crippen molar-refractivity contribution in [3.05, 3.63) is 59.9 Å². The van der Waals surface area contributed by atoms with E-state index in [4.69, 9.17) is 17.0 Å². The molecule has 5 nitrogen and oxygen atoms in total. The summed E-state index contributed by atoms with van der Waals surface area (Å²) in [7, 11) is 1.61. The first kappa shape index (κ1) is 19.0. The minimum atomic E-state index is -0.302. The maximum atomic E-state index is 12.8. The highest BCUT2D eigenvalue weighted by atomic mass is 32.2. The lowest BCUT2D eigenvalue weighted by molar-refractivity contribution is -0.119. The molecule has 0 radical (unpaired) electrons. The number of ether oxygens (including phenoxy) is 1. The highest BCUT2D eigenvalue weighted by Gasteiger charge is 2.04. The quantitative estimate of drug-likeness (QED) is 0.407. The lowest BCUT2D eigenvalue weighted by atomic mass is 10.2. The number of hydrazine groups is 1. The molecule has 8 heteroatoms. The van der Waals surface area contributed by atoms with Crippen LogP contribution in [-0.4, -0.2) is 23.9 Å². The molecule has 2 rings (SSSR count). The average molecular weight is 379 g/mol. The predicted molar refractivity (Wildman–Crippen MR) is 101 cm³/mol. The van der Waals surface area contributed by atoms with Gasteiger partial charge >= 0.3 is 0 Å².